The van der Waals surface area contributed by atoms with Gasteiger partial charge >= 0.3 is 0 Å². The predicted molar refractivity (Wildman–Crippen MR) is 94.2 cm³/mol. The van der Waals surface area contributed by atoms with Crippen LogP contribution in [0.5, 0.6) is 5.75 Å². The Morgan fingerprint density at radius 1 is 1.36 bits per heavy atom. The average molecular weight is 370 g/mol. The van der Waals surface area contributed by atoms with Crippen LogP contribution in [0.15, 0.2) is 23.1 Å². The van der Waals surface area contributed by atoms with Gasteiger partial charge in [-0.2, -0.15) is 4.31 Å². The summed E-state index contributed by atoms with van der Waals surface area (Å²) in [6.07, 6.45) is 2.33. The molecule has 8 heteroatoms. The van der Waals surface area contributed by atoms with Crippen molar-refractivity contribution in [2.45, 2.75) is 49.6 Å². The van der Waals surface area contributed by atoms with Crippen LogP contribution in [-0.2, 0) is 10.0 Å². The summed E-state index contributed by atoms with van der Waals surface area (Å²) in [5.74, 6) is -0.0815. The minimum atomic E-state index is -3.83. The van der Waals surface area contributed by atoms with Gasteiger partial charge in [-0.15, -0.1) is 0 Å². The van der Waals surface area contributed by atoms with Gasteiger partial charge in [0.2, 0.25) is 10.0 Å². The van der Waals surface area contributed by atoms with Gasteiger partial charge in [0.25, 0.3) is 5.91 Å². The van der Waals surface area contributed by atoms with Crippen LogP contribution in [0, 0.1) is 0 Å². The number of carbonyl (C=O) groups is 1. The topological polar surface area (TPSA) is 95.9 Å². The van der Waals surface area contributed by atoms with E-state index in [2.05, 4.69) is 5.32 Å². The Kier molecular flexibility index (Phi) is 6.42. The van der Waals surface area contributed by atoms with Crippen molar-refractivity contribution in [2.24, 2.45) is 0 Å². The summed E-state index contributed by atoms with van der Waals surface area (Å²) in [5.41, 5.74) is 0.169. The molecular formula is C17H26N2O5S. The first-order chi connectivity index (χ1) is 11.8. The highest BCUT2D eigenvalue weighted by molar-refractivity contribution is 7.89. The second-order valence-corrected chi connectivity index (χ2v) is 8.16. The van der Waals surface area contributed by atoms with E-state index < -0.39 is 28.1 Å². The standard InChI is InChI=1S/C17H26N2O5S/c1-4-18-17(21)13-11-12(9-10-16(13)24-3)25(22,23)19(2)14-7-5-6-8-15(14)20/h9-11,14-15,20H,4-8H2,1-3H3,(H,18,21)/t14-,15-/m0/s1. The SMILES string of the molecule is CCNC(=O)c1cc(S(=O)(=O)N(C)[C@H]2CCCC[C@@H]2O)ccc1OC. The number of aliphatic hydroxyl groups is 1. The number of hydrogen-bond acceptors (Lipinski definition) is 5. The van der Waals surface area contributed by atoms with Crippen LogP contribution in [0.2, 0.25) is 0 Å². The van der Waals surface area contributed by atoms with E-state index in [9.17, 15) is 18.3 Å². The second kappa shape index (κ2) is 8.16. The second-order valence-electron chi connectivity index (χ2n) is 6.16. The van der Waals surface area contributed by atoms with Crippen molar-refractivity contribution in [3.05, 3.63) is 23.8 Å². The van der Waals surface area contributed by atoms with E-state index in [1.807, 2.05) is 0 Å². The third kappa shape index (κ3) is 4.13. The summed E-state index contributed by atoms with van der Waals surface area (Å²) in [6.45, 7) is 2.20. The molecule has 2 atom stereocenters. The van der Waals surface area contributed by atoms with Gasteiger partial charge in [-0.3, -0.25) is 4.79 Å². The van der Waals surface area contributed by atoms with Gasteiger partial charge in [-0.25, -0.2) is 8.42 Å². The van der Waals surface area contributed by atoms with Crippen molar-refractivity contribution < 1.29 is 23.1 Å². The lowest BCUT2D eigenvalue weighted by Crippen LogP contribution is -2.46. The zero-order chi connectivity index (χ0) is 18.6. The molecule has 0 radical (unpaired) electrons. The average Bonchev–Trinajstić information content (AvgIpc) is 2.61. The van der Waals surface area contributed by atoms with Crippen molar-refractivity contribution in [1.82, 2.24) is 9.62 Å². The molecule has 1 aromatic rings. The number of nitrogens with one attached hydrogen (secondary N) is 1. The molecule has 1 fully saturated rings. The normalized spacial score (nSPS) is 21.2. The summed E-state index contributed by atoms with van der Waals surface area (Å²) in [5, 5.41) is 12.8. The molecule has 1 saturated carbocycles. The minimum absolute atomic E-state index is 0.00910. The molecule has 1 aromatic carbocycles. The largest absolute Gasteiger partial charge is 0.496 e. The monoisotopic (exact) mass is 370 g/mol. The Hall–Kier alpha value is -1.64. The fourth-order valence-corrected chi connectivity index (χ4v) is 4.58. The number of carbonyl (C=O) groups excluding carboxylic acids is 1. The quantitative estimate of drug-likeness (QED) is 0.788. The molecule has 7 nitrogen and oxygen atoms in total. The number of ether oxygens (including phenoxy) is 1. The number of likely N-dealkylation sites (N-methyl/N-ethyl adjacent to an activating group) is 1. The summed E-state index contributed by atoms with van der Waals surface area (Å²) in [7, 11) is -0.926. The van der Waals surface area contributed by atoms with Crippen LogP contribution in [0.3, 0.4) is 0 Å². The van der Waals surface area contributed by atoms with Gasteiger partial charge in [0.05, 0.1) is 29.7 Å². The Morgan fingerprint density at radius 3 is 2.64 bits per heavy atom. The number of rotatable bonds is 6. The number of nitrogens with zero attached hydrogens (tertiary/aromatic N) is 1. The Bertz CT molecular complexity index is 720. The van der Waals surface area contributed by atoms with Crippen LogP contribution < -0.4 is 10.1 Å². The van der Waals surface area contributed by atoms with E-state index in [0.29, 0.717) is 25.1 Å². The minimum Gasteiger partial charge on any atom is -0.496 e. The molecule has 0 bridgehead atoms. The lowest BCUT2D eigenvalue weighted by atomic mass is 9.93. The van der Waals surface area contributed by atoms with E-state index in [-0.39, 0.29) is 10.5 Å². The molecule has 0 aromatic heterocycles. The van der Waals surface area contributed by atoms with E-state index in [1.54, 1.807) is 6.92 Å². The highest BCUT2D eigenvalue weighted by Gasteiger charge is 2.34. The zero-order valence-corrected chi connectivity index (χ0v) is 15.7. The highest BCUT2D eigenvalue weighted by atomic mass is 32.2. The molecule has 0 spiro atoms. The van der Waals surface area contributed by atoms with Crippen molar-refractivity contribution in [1.29, 1.82) is 0 Å². The number of sulfonamides is 1. The molecule has 1 aliphatic carbocycles. The van der Waals surface area contributed by atoms with E-state index >= 15 is 0 Å². The van der Waals surface area contributed by atoms with Gasteiger partial charge in [0, 0.05) is 13.6 Å². The van der Waals surface area contributed by atoms with Crippen molar-refractivity contribution >= 4 is 15.9 Å². The predicted octanol–water partition coefficient (Wildman–Crippen LogP) is 1.37. The first-order valence-electron chi connectivity index (χ1n) is 8.45. The fraction of sp³-hybridized carbons (Fsp3) is 0.588. The third-order valence-corrected chi connectivity index (χ3v) is 6.47. The maximum atomic E-state index is 13.0. The molecule has 0 unspecified atom stereocenters. The molecular weight excluding hydrogens is 344 g/mol. The summed E-state index contributed by atoms with van der Waals surface area (Å²) in [6, 6.07) is 3.77. The van der Waals surface area contributed by atoms with Crippen LogP contribution in [-0.4, -0.2) is 56.6 Å². The van der Waals surface area contributed by atoms with E-state index in [0.717, 1.165) is 12.8 Å². The zero-order valence-electron chi connectivity index (χ0n) is 14.9. The molecule has 2 rings (SSSR count). The van der Waals surface area contributed by atoms with Crippen LogP contribution in [0.25, 0.3) is 0 Å². The Morgan fingerprint density at radius 2 is 2.04 bits per heavy atom. The lowest BCUT2D eigenvalue weighted by molar-refractivity contribution is 0.0638. The molecule has 0 heterocycles. The summed E-state index contributed by atoms with van der Waals surface area (Å²) >= 11 is 0. The molecule has 1 amide bonds. The number of benzene rings is 1. The van der Waals surface area contributed by atoms with E-state index in [1.165, 1.54) is 36.7 Å². The van der Waals surface area contributed by atoms with Crippen molar-refractivity contribution in [2.75, 3.05) is 20.7 Å². The van der Waals surface area contributed by atoms with E-state index in [4.69, 9.17) is 4.74 Å². The molecule has 1 aliphatic rings. The Labute approximate surface area is 149 Å². The Balaban J connectivity index is 2.38. The molecule has 25 heavy (non-hydrogen) atoms. The van der Waals surface area contributed by atoms with Gasteiger partial charge < -0.3 is 15.2 Å². The maximum Gasteiger partial charge on any atom is 0.255 e. The molecule has 0 saturated heterocycles. The van der Waals surface area contributed by atoms with Crippen molar-refractivity contribution in [3.63, 3.8) is 0 Å². The van der Waals surface area contributed by atoms with Gasteiger partial charge in [-0.1, -0.05) is 12.8 Å². The first kappa shape index (κ1) is 19.7. The maximum absolute atomic E-state index is 13.0. The number of methoxy groups -OCH3 is 1. The smallest absolute Gasteiger partial charge is 0.255 e. The fourth-order valence-electron chi connectivity index (χ4n) is 3.14. The van der Waals surface area contributed by atoms with Crippen LogP contribution in [0.4, 0.5) is 0 Å². The molecule has 2 N–H and O–H groups in total. The number of aliphatic hydroxyl groups excluding tert-OH is 1. The van der Waals surface area contributed by atoms with Crippen molar-refractivity contribution in [3.8, 4) is 5.75 Å². The highest BCUT2D eigenvalue weighted by Crippen LogP contribution is 2.29. The molecule has 140 valence electrons. The number of hydrogen-bond donors (Lipinski definition) is 2. The van der Waals surface area contributed by atoms with Gasteiger partial charge in [-0.05, 0) is 38.0 Å². The summed E-state index contributed by atoms with van der Waals surface area (Å²) in [4.78, 5) is 12.2. The van der Waals surface area contributed by atoms with Gasteiger partial charge in [0.1, 0.15) is 5.75 Å². The summed E-state index contributed by atoms with van der Waals surface area (Å²) < 4.78 is 32.3. The van der Waals surface area contributed by atoms with Crippen LogP contribution >= 0.6 is 0 Å². The third-order valence-electron chi connectivity index (χ3n) is 4.59. The first-order valence-corrected chi connectivity index (χ1v) is 9.89. The number of amides is 1. The lowest BCUT2D eigenvalue weighted by Gasteiger charge is -2.34. The van der Waals surface area contributed by atoms with Crippen LogP contribution in [0.1, 0.15) is 43.0 Å². The molecule has 0 aliphatic heterocycles. The van der Waals surface area contributed by atoms with Gasteiger partial charge in [0.15, 0.2) is 0 Å².